The normalized spacial score (nSPS) is 16.4. The van der Waals surface area contributed by atoms with E-state index < -0.39 is 5.31 Å². The van der Waals surface area contributed by atoms with Crippen molar-refractivity contribution in [2.75, 3.05) is 0 Å². The molecular weight excluding hydrogens is 191 g/mol. The minimum Gasteiger partial charge on any atom is -0.249 e. The summed E-state index contributed by atoms with van der Waals surface area (Å²) in [6.45, 7) is 4.03. The molecule has 0 saturated heterocycles. The van der Waals surface area contributed by atoms with E-state index >= 15 is 0 Å². The second-order valence-corrected chi connectivity index (χ2v) is 4.89. The van der Waals surface area contributed by atoms with E-state index in [-0.39, 0.29) is 0 Å². The van der Waals surface area contributed by atoms with E-state index in [2.05, 4.69) is 4.98 Å². The summed E-state index contributed by atoms with van der Waals surface area (Å²) in [5.74, 6) is 0.330. The average Bonchev–Trinajstić information content (AvgIpc) is 2.30. The predicted octanol–water partition coefficient (Wildman–Crippen LogP) is 2.39. The fourth-order valence-corrected chi connectivity index (χ4v) is 1.81. The highest BCUT2D eigenvalue weighted by Gasteiger charge is 2.21. The lowest BCUT2D eigenvalue weighted by Gasteiger charge is -2.10. The lowest BCUT2D eigenvalue weighted by Crippen LogP contribution is -2.06. The molecule has 2 atom stereocenters. The number of hydrogen-bond acceptors (Lipinski definition) is 2. The summed E-state index contributed by atoms with van der Waals surface area (Å²) in [4.78, 5) is 4.52. The van der Waals surface area contributed by atoms with Gasteiger partial charge < -0.3 is 0 Å². The van der Waals surface area contributed by atoms with Crippen LogP contribution in [0.15, 0.2) is 6.20 Å². The van der Waals surface area contributed by atoms with Crippen LogP contribution in [0.2, 0.25) is 0 Å². The Morgan fingerprint density at radius 3 is 2.58 bits per heavy atom. The smallest absolute Gasteiger partial charge is 0.135 e. The van der Waals surface area contributed by atoms with Crippen LogP contribution in [0.25, 0.3) is 0 Å². The quantitative estimate of drug-likeness (QED) is 0.528. The Morgan fingerprint density at radius 1 is 1.75 bits per heavy atom. The maximum atomic E-state index is 13.1. The largest absolute Gasteiger partial charge is 0.249 e. The third-order valence-electron chi connectivity index (χ3n) is 1.40. The number of thiazole rings is 1. The lowest BCUT2D eigenvalue weighted by molar-refractivity contribution is 0.419. The van der Waals surface area contributed by atoms with Gasteiger partial charge in [-0.2, -0.15) is 0 Å². The number of alkyl halides is 1. The fourth-order valence-electron chi connectivity index (χ4n) is 0.732. The Labute approximate surface area is 79.4 Å². The van der Waals surface area contributed by atoms with Gasteiger partial charge in [0.25, 0.3) is 0 Å². The van der Waals surface area contributed by atoms with Gasteiger partial charge in [0, 0.05) is 12.1 Å². The molecule has 0 aliphatic rings. The van der Waals surface area contributed by atoms with E-state index in [4.69, 9.17) is 7.85 Å². The van der Waals surface area contributed by atoms with E-state index in [0.29, 0.717) is 10.8 Å². The van der Waals surface area contributed by atoms with Crippen LogP contribution in [0, 0.1) is 0 Å². The van der Waals surface area contributed by atoms with Gasteiger partial charge in [-0.1, -0.05) is 13.8 Å². The summed E-state index contributed by atoms with van der Waals surface area (Å²) < 4.78 is 13.1. The highest BCUT2D eigenvalue weighted by atomic mass is 32.1. The molecule has 2 radical (unpaired) electrons. The molecule has 0 aliphatic carbocycles. The van der Waals surface area contributed by atoms with Gasteiger partial charge in [-0.3, -0.25) is 0 Å². The Hall–Kier alpha value is 0.0549. The van der Waals surface area contributed by atoms with Gasteiger partial charge in [0.1, 0.15) is 13.2 Å². The Bertz CT molecular complexity index is 269. The van der Waals surface area contributed by atoms with Crippen LogP contribution in [0.4, 0.5) is 4.39 Å². The summed E-state index contributed by atoms with van der Waals surface area (Å²) >= 11 is 1.32. The van der Waals surface area contributed by atoms with Crippen LogP contribution in [0.1, 0.15) is 29.7 Å². The number of rotatable bonds is 2. The van der Waals surface area contributed by atoms with Crippen molar-refractivity contribution in [3.8, 4) is 0 Å². The SMILES string of the molecule is [B]C(F)(P)c1cnc(C(C)C)s1. The first-order valence-corrected chi connectivity index (χ1v) is 5.03. The van der Waals surface area contributed by atoms with Crippen molar-refractivity contribution < 1.29 is 4.39 Å². The van der Waals surface area contributed by atoms with Gasteiger partial charge in [0.05, 0.1) is 9.88 Å². The van der Waals surface area contributed by atoms with Crippen LogP contribution in [-0.2, 0) is 5.31 Å². The van der Waals surface area contributed by atoms with E-state index in [1.54, 1.807) is 0 Å². The summed E-state index contributed by atoms with van der Waals surface area (Å²) in [6.07, 6.45) is 1.49. The van der Waals surface area contributed by atoms with E-state index in [1.165, 1.54) is 17.5 Å². The standard InChI is InChI=1S/C7H10BFNPS/c1-4(2)6-10-3-5(12-6)7(8,9)11/h3-4H,11H2,1-2H3. The zero-order chi connectivity index (χ0) is 9.35. The molecule has 5 heteroatoms. The molecule has 1 heterocycles. The highest BCUT2D eigenvalue weighted by Crippen LogP contribution is 2.35. The number of halogens is 1. The molecular formula is C7H10BFNPS. The first-order valence-electron chi connectivity index (χ1n) is 3.64. The minimum atomic E-state index is -1.83. The summed E-state index contributed by atoms with van der Waals surface area (Å²) in [7, 11) is 7.19. The monoisotopic (exact) mass is 201 g/mol. The Kier molecular flexibility index (Phi) is 2.90. The van der Waals surface area contributed by atoms with E-state index in [0.717, 1.165) is 5.01 Å². The van der Waals surface area contributed by atoms with Crippen LogP contribution in [0.3, 0.4) is 0 Å². The van der Waals surface area contributed by atoms with Crippen molar-refractivity contribution in [3.63, 3.8) is 0 Å². The first-order chi connectivity index (χ1) is 5.41. The van der Waals surface area contributed by atoms with Crippen molar-refractivity contribution in [3.05, 3.63) is 16.1 Å². The average molecular weight is 201 g/mol. The summed E-state index contributed by atoms with van der Waals surface area (Å²) in [5.41, 5.74) is 0. The predicted molar refractivity (Wildman–Crippen MR) is 54.5 cm³/mol. The Morgan fingerprint density at radius 2 is 2.33 bits per heavy atom. The second kappa shape index (κ2) is 3.43. The van der Waals surface area contributed by atoms with Crippen LogP contribution >= 0.6 is 20.6 Å². The molecule has 1 nitrogen and oxygen atoms in total. The molecule has 2 unspecified atom stereocenters. The van der Waals surface area contributed by atoms with Crippen molar-refractivity contribution in [2.24, 2.45) is 0 Å². The van der Waals surface area contributed by atoms with E-state index in [9.17, 15) is 4.39 Å². The van der Waals surface area contributed by atoms with Gasteiger partial charge in [-0.25, -0.2) is 9.37 Å². The molecule has 0 amide bonds. The van der Waals surface area contributed by atoms with Crippen LogP contribution in [-0.4, -0.2) is 12.8 Å². The van der Waals surface area contributed by atoms with Gasteiger partial charge in [0.2, 0.25) is 0 Å². The zero-order valence-corrected chi connectivity index (χ0v) is 9.01. The molecule has 1 aromatic rings. The molecule has 0 spiro atoms. The molecule has 0 aliphatic heterocycles. The van der Waals surface area contributed by atoms with Crippen LogP contribution in [0.5, 0.6) is 0 Å². The molecule has 64 valence electrons. The van der Waals surface area contributed by atoms with Crippen LogP contribution < -0.4 is 0 Å². The van der Waals surface area contributed by atoms with Gasteiger partial charge >= 0.3 is 0 Å². The van der Waals surface area contributed by atoms with Gasteiger partial charge in [0.15, 0.2) is 0 Å². The maximum Gasteiger partial charge on any atom is 0.135 e. The third kappa shape index (κ3) is 2.27. The van der Waals surface area contributed by atoms with Crippen molar-refractivity contribution in [2.45, 2.75) is 25.1 Å². The molecule has 1 aromatic heterocycles. The summed E-state index contributed by atoms with van der Waals surface area (Å²) in [5, 5.41) is -0.912. The Balaban J connectivity index is 2.92. The second-order valence-electron chi connectivity index (χ2n) is 2.99. The molecule has 0 fully saturated rings. The van der Waals surface area contributed by atoms with Crippen molar-refractivity contribution in [1.29, 1.82) is 0 Å². The fraction of sp³-hybridized carbons (Fsp3) is 0.571. The molecule has 0 bridgehead atoms. The molecule has 12 heavy (non-hydrogen) atoms. The third-order valence-corrected chi connectivity index (χ3v) is 3.34. The van der Waals surface area contributed by atoms with Crippen molar-refractivity contribution in [1.82, 2.24) is 4.98 Å². The van der Waals surface area contributed by atoms with Gasteiger partial charge in [-0.15, -0.1) is 20.6 Å². The number of hydrogen-bond donors (Lipinski definition) is 0. The summed E-state index contributed by atoms with van der Waals surface area (Å²) in [6, 6.07) is 0. The number of nitrogens with zero attached hydrogens (tertiary/aromatic N) is 1. The van der Waals surface area contributed by atoms with Gasteiger partial charge in [-0.05, 0) is 0 Å². The van der Waals surface area contributed by atoms with Crippen molar-refractivity contribution >= 4 is 28.4 Å². The number of aromatic nitrogens is 1. The van der Waals surface area contributed by atoms with E-state index in [1.807, 2.05) is 23.1 Å². The topological polar surface area (TPSA) is 12.9 Å². The molecule has 0 saturated carbocycles. The maximum absolute atomic E-state index is 13.1. The molecule has 0 N–H and O–H groups in total. The zero-order valence-electron chi connectivity index (χ0n) is 7.04. The lowest BCUT2D eigenvalue weighted by atomic mass is 10.0. The molecule has 1 rings (SSSR count). The highest BCUT2D eigenvalue weighted by molar-refractivity contribution is 7.24. The minimum absolute atomic E-state index is 0.330. The first kappa shape index (κ1) is 10.1. The molecule has 0 aromatic carbocycles.